The van der Waals surface area contributed by atoms with Crippen LogP contribution >= 0.6 is 0 Å². The van der Waals surface area contributed by atoms with Gasteiger partial charge in [-0.25, -0.2) is 9.97 Å². The molecule has 0 saturated heterocycles. The largest absolute Gasteiger partial charge is 0.392 e. The number of rotatable bonds is 4. The van der Waals surface area contributed by atoms with Gasteiger partial charge in [-0.15, -0.1) is 0 Å². The maximum absolute atomic E-state index is 9.14. The highest BCUT2D eigenvalue weighted by molar-refractivity contribution is 5.36. The first kappa shape index (κ1) is 10.4. The first-order valence-corrected chi connectivity index (χ1v) is 5.49. The Morgan fingerprint density at radius 2 is 2.33 bits per heavy atom. The molecule has 1 saturated carbocycles. The molecule has 4 nitrogen and oxygen atoms in total. The lowest BCUT2D eigenvalue weighted by molar-refractivity contribution is 0.208. The number of nitrogens with one attached hydrogen (secondary N) is 1. The third-order valence-electron chi connectivity index (χ3n) is 2.79. The van der Waals surface area contributed by atoms with Gasteiger partial charge in [0.2, 0.25) is 0 Å². The van der Waals surface area contributed by atoms with Crippen LogP contribution in [0.5, 0.6) is 0 Å². The van der Waals surface area contributed by atoms with Gasteiger partial charge in [0.1, 0.15) is 12.1 Å². The van der Waals surface area contributed by atoms with Gasteiger partial charge < -0.3 is 10.4 Å². The van der Waals surface area contributed by atoms with Gasteiger partial charge in [-0.1, -0.05) is 6.42 Å². The molecule has 0 radical (unpaired) electrons. The lowest BCUT2D eigenvalue weighted by Crippen LogP contribution is -2.17. The molecular formula is C11H17N3O. The molecule has 0 aromatic carbocycles. The highest BCUT2D eigenvalue weighted by Gasteiger charge is 2.20. The van der Waals surface area contributed by atoms with Crippen molar-refractivity contribution in [1.82, 2.24) is 9.97 Å². The van der Waals surface area contributed by atoms with Crippen LogP contribution in [0.4, 0.5) is 5.82 Å². The van der Waals surface area contributed by atoms with Crippen LogP contribution in [0.1, 0.15) is 37.8 Å². The first-order valence-electron chi connectivity index (χ1n) is 5.49. The second-order valence-electron chi connectivity index (χ2n) is 4.19. The summed E-state index contributed by atoms with van der Waals surface area (Å²) in [5.41, 5.74) is 1.13. The molecule has 1 aromatic heterocycles. The van der Waals surface area contributed by atoms with E-state index in [1.54, 1.807) is 13.3 Å². The summed E-state index contributed by atoms with van der Waals surface area (Å²) in [5, 5.41) is 12.2. The van der Waals surface area contributed by atoms with E-state index in [4.69, 9.17) is 5.11 Å². The molecule has 1 fully saturated rings. The Morgan fingerprint density at radius 1 is 1.53 bits per heavy atom. The van der Waals surface area contributed by atoms with E-state index in [0.717, 1.165) is 11.5 Å². The topological polar surface area (TPSA) is 58.0 Å². The average Bonchev–Trinajstić information content (AvgIpc) is 2.13. The smallest absolute Gasteiger partial charge is 0.129 e. The Labute approximate surface area is 89.8 Å². The highest BCUT2D eigenvalue weighted by atomic mass is 16.3. The van der Waals surface area contributed by atoms with E-state index < -0.39 is 0 Å². The molecule has 1 aromatic rings. The number of aliphatic hydroxyl groups is 1. The summed E-state index contributed by atoms with van der Waals surface area (Å²) in [6, 6.07) is 1.99. The van der Waals surface area contributed by atoms with E-state index in [9.17, 15) is 0 Å². The minimum atomic E-state index is -0.355. The summed E-state index contributed by atoms with van der Waals surface area (Å²) >= 11 is 0. The number of hydrogen-bond acceptors (Lipinski definition) is 4. The van der Waals surface area contributed by atoms with Crippen LogP contribution in [-0.2, 0) is 0 Å². The Hall–Kier alpha value is -1.16. The third-order valence-corrected chi connectivity index (χ3v) is 2.79. The fourth-order valence-corrected chi connectivity index (χ4v) is 1.65. The van der Waals surface area contributed by atoms with Gasteiger partial charge in [0.25, 0.3) is 0 Å². The zero-order valence-electron chi connectivity index (χ0n) is 8.98. The van der Waals surface area contributed by atoms with E-state index in [-0.39, 0.29) is 6.10 Å². The number of nitrogens with zero attached hydrogens (tertiary/aromatic N) is 2. The molecule has 82 valence electrons. The van der Waals surface area contributed by atoms with Crippen molar-refractivity contribution in [3.05, 3.63) is 18.1 Å². The van der Waals surface area contributed by atoms with Crippen molar-refractivity contribution in [3.8, 4) is 0 Å². The van der Waals surface area contributed by atoms with Crippen molar-refractivity contribution in [1.29, 1.82) is 0 Å². The first-order chi connectivity index (χ1) is 7.25. The summed E-state index contributed by atoms with van der Waals surface area (Å²) in [4.78, 5) is 8.39. The second kappa shape index (κ2) is 4.57. The molecule has 15 heavy (non-hydrogen) atoms. The SMILES string of the molecule is CC(O)CNc1cc(C2CCC2)ncn1. The molecule has 2 rings (SSSR count). The predicted octanol–water partition coefficient (Wildman–Crippen LogP) is 1.54. The van der Waals surface area contributed by atoms with Crippen molar-refractivity contribution >= 4 is 5.82 Å². The van der Waals surface area contributed by atoms with Crippen molar-refractivity contribution in [2.45, 2.75) is 38.2 Å². The fourth-order valence-electron chi connectivity index (χ4n) is 1.65. The fraction of sp³-hybridized carbons (Fsp3) is 0.636. The van der Waals surface area contributed by atoms with E-state index in [1.165, 1.54) is 19.3 Å². The van der Waals surface area contributed by atoms with Gasteiger partial charge >= 0.3 is 0 Å². The van der Waals surface area contributed by atoms with Crippen LogP contribution in [0.3, 0.4) is 0 Å². The average molecular weight is 207 g/mol. The van der Waals surface area contributed by atoms with Crippen LogP contribution in [0.2, 0.25) is 0 Å². The number of anilines is 1. The summed E-state index contributed by atoms with van der Waals surface area (Å²) in [6.45, 7) is 2.28. The van der Waals surface area contributed by atoms with E-state index in [1.807, 2.05) is 6.07 Å². The van der Waals surface area contributed by atoms with Gasteiger partial charge in [-0.05, 0) is 19.8 Å². The van der Waals surface area contributed by atoms with Crippen molar-refractivity contribution < 1.29 is 5.11 Å². The molecule has 0 spiro atoms. The minimum absolute atomic E-state index is 0.355. The van der Waals surface area contributed by atoms with Gasteiger partial charge in [0.15, 0.2) is 0 Å². The summed E-state index contributed by atoms with van der Waals surface area (Å²) in [5.74, 6) is 1.44. The molecule has 0 amide bonds. The highest BCUT2D eigenvalue weighted by Crippen LogP contribution is 2.35. The second-order valence-corrected chi connectivity index (χ2v) is 4.19. The molecule has 1 atom stereocenters. The zero-order chi connectivity index (χ0) is 10.7. The van der Waals surface area contributed by atoms with Crippen LogP contribution in [0, 0.1) is 0 Å². The molecular weight excluding hydrogens is 190 g/mol. The Bertz CT molecular complexity index is 323. The molecule has 0 aliphatic heterocycles. The lowest BCUT2D eigenvalue weighted by atomic mass is 9.83. The van der Waals surface area contributed by atoms with Gasteiger partial charge in [-0.2, -0.15) is 0 Å². The molecule has 1 unspecified atom stereocenters. The van der Waals surface area contributed by atoms with Gasteiger partial charge in [0.05, 0.1) is 6.10 Å². The van der Waals surface area contributed by atoms with Crippen LogP contribution in [0.15, 0.2) is 12.4 Å². The molecule has 0 bridgehead atoms. The maximum atomic E-state index is 9.14. The number of hydrogen-bond donors (Lipinski definition) is 2. The van der Waals surface area contributed by atoms with E-state index >= 15 is 0 Å². The molecule has 1 heterocycles. The van der Waals surface area contributed by atoms with Crippen molar-refractivity contribution in [3.63, 3.8) is 0 Å². The standard InChI is InChI=1S/C11H17N3O/c1-8(15)6-12-11-5-10(13-7-14-11)9-3-2-4-9/h5,7-9,15H,2-4,6H2,1H3,(H,12,13,14). The normalized spacial score (nSPS) is 18.3. The monoisotopic (exact) mass is 207 g/mol. The van der Waals surface area contributed by atoms with Gasteiger partial charge in [-0.3, -0.25) is 0 Å². The molecule has 1 aliphatic carbocycles. The minimum Gasteiger partial charge on any atom is -0.392 e. The maximum Gasteiger partial charge on any atom is 0.129 e. The number of aliphatic hydroxyl groups excluding tert-OH is 1. The Kier molecular flexibility index (Phi) is 3.16. The number of aromatic nitrogens is 2. The Balaban J connectivity index is 1.98. The zero-order valence-corrected chi connectivity index (χ0v) is 8.98. The molecule has 1 aliphatic rings. The summed E-state index contributed by atoms with van der Waals surface area (Å²) in [7, 11) is 0. The molecule has 2 N–H and O–H groups in total. The summed E-state index contributed by atoms with van der Waals surface area (Å²) in [6.07, 6.45) is 5.04. The van der Waals surface area contributed by atoms with Crippen molar-refractivity contribution in [2.24, 2.45) is 0 Å². The van der Waals surface area contributed by atoms with Crippen LogP contribution < -0.4 is 5.32 Å². The van der Waals surface area contributed by atoms with Gasteiger partial charge in [0, 0.05) is 24.2 Å². The van der Waals surface area contributed by atoms with E-state index in [0.29, 0.717) is 12.5 Å². The quantitative estimate of drug-likeness (QED) is 0.786. The lowest BCUT2D eigenvalue weighted by Gasteiger charge is -2.24. The van der Waals surface area contributed by atoms with Crippen LogP contribution in [0.25, 0.3) is 0 Å². The van der Waals surface area contributed by atoms with Crippen molar-refractivity contribution in [2.75, 3.05) is 11.9 Å². The summed E-state index contributed by atoms with van der Waals surface area (Å²) < 4.78 is 0. The molecule has 4 heteroatoms. The third kappa shape index (κ3) is 2.65. The predicted molar refractivity (Wildman–Crippen MR) is 58.8 cm³/mol. The van der Waals surface area contributed by atoms with E-state index in [2.05, 4.69) is 15.3 Å². The van der Waals surface area contributed by atoms with Crippen LogP contribution in [-0.4, -0.2) is 27.7 Å². The Morgan fingerprint density at radius 3 is 2.93 bits per heavy atom.